The highest BCUT2D eigenvalue weighted by molar-refractivity contribution is 5.89. The number of carboxylic acid groups (broad SMARTS) is 1. The topological polar surface area (TPSA) is 113 Å². The Kier molecular flexibility index (Phi) is 4.44. The van der Waals surface area contributed by atoms with Gasteiger partial charge in [0, 0.05) is 24.4 Å². The first kappa shape index (κ1) is 18.3. The molecule has 2 aliphatic rings. The van der Waals surface area contributed by atoms with Gasteiger partial charge in [0.05, 0.1) is 17.9 Å². The molecular weight excluding hydrogens is 390 g/mol. The molecule has 2 aromatic heterocycles. The van der Waals surface area contributed by atoms with Gasteiger partial charge >= 0.3 is 11.7 Å². The van der Waals surface area contributed by atoms with Crippen molar-refractivity contribution in [2.75, 3.05) is 13.2 Å². The van der Waals surface area contributed by atoms with E-state index in [2.05, 4.69) is 9.97 Å². The number of carbonyl (C=O) groups is 1. The SMILES string of the molecule is O=C(O)c1ccc2c(c1)CC(OCC1COc3ncccc3O1)n1c-2ccnc1=O. The highest BCUT2D eigenvalue weighted by Gasteiger charge is 2.29. The summed E-state index contributed by atoms with van der Waals surface area (Å²) >= 11 is 0. The molecule has 1 aromatic carbocycles. The Bertz CT molecular complexity index is 1190. The van der Waals surface area contributed by atoms with Crippen molar-refractivity contribution in [3.63, 3.8) is 0 Å². The Morgan fingerprint density at radius 3 is 3.00 bits per heavy atom. The minimum atomic E-state index is -1.01. The summed E-state index contributed by atoms with van der Waals surface area (Å²) in [5, 5.41) is 9.31. The third-order valence-corrected chi connectivity index (χ3v) is 5.10. The average Bonchev–Trinajstić information content (AvgIpc) is 2.77. The van der Waals surface area contributed by atoms with Gasteiger partial charge in [0.1, 0.15) is 12.8 Å². The van der Waals surface area contributed by atoms with E-state index in [0.717, 1.165) is 11.1 Å². The minimum Gasteiger partial charge on any atom is -0.479 e. The first-order chi connectivity index (χ1) is 14.6. The van der Waals surface area contributed by atoms with Gasteiger partial charge < -0.3 is 19.3 Å². The van der Waals surface area contributed by atoms with Crippen molar-refractivity contribution in [1.82, 2.24) is 14.5 Å². The zero-order valence-corrected chi connectivity index (χ0v) is 15.7. The second-order valence-corrected chi connectivity index (χ2v) is 7.01. The second-order valence-electron chi connectivity index (χ2n) is 7.01. The lowest BCUT2D eigenvalue weighted by atomic mass is 9.94. The van der Waals surface area contributed by atoms with Crippen LogP contribution >= 0.6 is 0 Å². The Morgan fingerprint density at radius 1 is 1.23 bits per heavy atom. The standard InChI is InChI=1S/C21H17N3O6/c25-20(26)12-3-4-15-13(8-12)9-18(24-16(15)5-7-23-21(24)27)28-10-14-11-29-19-17(30-14)2-1-6-22-19/h1-8,14,18H,9-11H2,(H,25,26). The quantitative estimate of drug-likeness (QED) is 0.698. The van der Waals surface area contributed by atoms with Crippen LogP contribution in [0.4, 0.5) is 0 Å². The number of aromatic carboxylic acids is 1. The molecule has 2 atom stereocenters. The molecule has 0 radical (unpaired) electrons. The zero-order valence-electron chi connectivity index (χ0n) is 15.7. The zero-order chi connectivity index (χ0) is 20.7. The fourth-order valence-electron chi connectivity index (χ4n) is 3.73. The van der Waals surface area contributed by atoms with Crippen LogP contribution in [-0.4, -0.2) is 44.9 Å². The van der Waals surface area contributed by atoms with Crippen molar-refractivity contribution in [2.45, 2.75) is 18.8 Å². The van der Waals surface area contributed by atoms with E-state index < -0.39 is 17.9 Å². The van der Waals surface area contributed by atoms with Gasteiger partial charge in [-0.2, -0.15) is 0 Å². The molecular formula is C21H17N3O6. The Hall–Kier alpha value is -3.72. The lowest BCUT2D eigenvalue weighted by Crippen LogP contribution is -2.38. The van der Waals surface area contributed by atoms with Crippen molar-refractivity contribution < 1.29 is 24.1 Å². The van der Waals surface area contributed by atoms with Crippen molar-refractivity contribution >= 4 is 5.97 Å². The number of rotatable bonds is 4. The van der Waals surface area contributed by atoms with Crippen molar-refractivity contribution in [3.8, 4) is 22.9 Å². The van der Waals surface area contributed by atoms with E-state index >= 15 is 0 Å². The molecule has 0 fully saturated rings. The monoisotopic (exact) mass is 407 g/mol. The Balaban J connectivity index is 1.41. The van der Waals surface area contributed by atoms with Crippen LogP contribution in [0.25, 0.3) is 11.3 Å². The second kappa shape index (κ2) is 7.27. The van der Waals surface area contributed by atoms with Gasteiger partial charge in [-0.15, -0.1) is 0 Å². The minimum absolute atomic E-state index is 0.174. The summed E-state index contributed by atoms with van der Waals surface area (Å²) in [6.07, 6.45) is 2.38. The summed E-state index contributed by atoms with van der Waals surface area (Å²) in [5.74, 6) is -0.0306. The third kappa shape index (κ3) is 3.18. The van der Waals surface area contributed by atoms with E-state index in [1.165, 1.54) is 16.8 Å². The highest BCUT2D eigenvalue weighted by atomic mass is 16.6. The van der Waals surface area contributed by atoms with Gasteiger partial charge in [-0.1, -0.05) is 6.07 Å². The first-order valence-corrected chi connectivity index (χ1v) is 9.40. The van der Waals surface area contributed by atoms with E-state index in [-0.39, 0.29) is 24.9 Å². The number of benzene rings is 1. The summed E-state index contributed by atoms with van der Waals surface area (Å²) in [4.78, 5) is 31.8. The molecule has 0 amide bonds. The number of fused-ring (bicyclic) bond motifs is 4. The maximum absolute atomic E-state index is 12.5. The largest absolute Gasteiger partial charge is 0.479 e. The lowest BCUT2D eigenvalue weighted by molar-refractivity contribution is -0.0569. The molecule has 5 rings (SSSR count). The summed E-state index contributed by atoms with van der Waals surface area (Å²) in [5.41, 5.74) is 1.97. The van der Waals surface area contributed by atoms with E-state index in [9.17, 15) is 14.7 Å². The van der Waals surface area contributed by atoms with E-state index in [1.807, 2.05) is 0 Å². The molecule has 0 spiro atoms. The van der Waals surface area contributed by atoms with Crippen LogP contribution in [0.1, 0.15) is 22.1 Å². The number of pyridine rings is 1. The maximum Gasteiger partial charge on any atom is 0.350 e. The number of carboxylic acids is 1. The predicted octanol–water partition coefficient (Wildman–Crippen LogP) is 1.91. The fourth-order valence-corrected chi connectivity index (χ4v) is 3.73. The average molecular weight is 407 g/mol. The van der Waals surface area contributed by atoms with E-state index in [0.29, 0.717) is 23.7 Å². The van der Waals surface area contributed by atoms with Gasteiger partial charge in [0.15, 0.2) is 11.9 Å². The van der Waals surface area contributed by atoms with Gasteiger partial charge in [-0.05, 0) is 35.9 Å². The number of aromatic nitrogens is 3. The van der Waals surface area contributed by atoms with Crippen LogP contribution in [0.2, 0.25) is 0 Å². The van der Waals surface area contributed by atoms with Crippen LogP contribution in [0.5, 0.6) is 11.6 Å². The van der Waals surface area contributed by atoms with E-state index in [4.69, 9.17) is 14.2 Å². The molecule has 4 heterocycles. The molecule has 0 aliphatic carbocycles. The van der Waals surface area contributed by atoms with Gasteiger partial charge in [-0.25, -0.2) is 19.6 Å². The molecule has 9 heteroatoms. The highest BCUT2D eigenvalue weighted by Crippen LogP contribution is 2.35. The number of nitrogens with zero attached hydrogens (tertiary/aromatic N) is 3. The summed E-state index contributed by atoms with van der Waals surface area (Å²) < 4.78 is 19.0. The number of hydrogen-bond donors (Lipinski definition) is 1. The normalized spacial score (nSPS) is 18.9. The third-order valence-electron chi connectivity index (χ3n) is 5.10. The first-order valence-electron chi connectivity index (χ1n) is 9.40. The predicted molar refractivity (Wildman–Crippen MR) is 104 cm³/mol. The summed E-state index contributed by atoms with van der Waals surface area (Å²) in [6, 6.07) is 10.1. The molecule has 30 heavy (non-hydrogen) atoms. The Morgan fingerprint density at radius 2 is 2.13 bits per heavy atom. The lowest BCUT2D eigenvalue weighted by Gasteiger charge is -2.31. The van der Waals surface area contributed by atoms with Crippen LogP contribution in [-0.2, 0) is 11.2 Å². The maximum atomic E-state index is 12.5. The van der Waals surface area contributed by atoms with Gasteiger partial charge in [-0.3, -0.25) is 4.57 Å². The van der Waals surface area contributed by atoms with Crippen molar-refractivity contribution in [1.29, 1.82) is 0 Å². The molecule has 0 saturated carbocycles. The van der Waals surface area contributed by atoms with Crippen molar-refractivity contribution in [2.24, 2.45) is 0 Å². The molecule has 9 nitrogen and oxygen atoms in total. The molecule has 3 aromatic rings. The van der Waals surface area contributed by atoms with Crippen molar-refractivity contribution in [3.05, 3.63) is 70.4 Å². The fraction of sp³-hybridized carbons (Fsp3) is 0.238. The van der Waals surface area contributed by atoms with Gasteiger partial charge in [0.25, 0.3) is 5.88 Å². The smallest absolute Gasteiger partial charge is 0.350 e. The van der Waals surface area contributed by atoms with Gasteiger partial charge in [0.2, 0.25) is 0 Å². The number of hydrogen-bond acceptors (Lipinski definition) is 7. The van der Waals surface area contributed by atoms with Crippen LogP contribution < -0.4 is 15.2 Å². The molecule has 0 bridgehead atoms. The molecule has 1 N–H and O–H groups in total. The molecule has 152 valence electrons. The molecule has 0 saturated heterocycles. The number of ether oxygens (including phenoxy) is 3. The molecule has 2 unspecified atom stereocenters. The summed E-state index contributed by atoms with van der Waals surface area (Å²) in [7, 11) is 0. The van der Waals surface area contributed by atoms with Crippen LogP contribution in [0, 0.1) is 0 Å². The Labute approximate surface area is 170 Å². The van der Waals surface area contributed by atoms with Crippen LogP contribution in [0.3, 0.4) is 0 Å². The van der Waals surface area contributed by atoms with Crippen LogP contribution in [0.15, 0.2) is 53.6 Å². The summed E-state index contributed by atoms with van der Waals surface area (Å²) in [6.45, 7) is 0.443. The van der Waals surface area contributed by atoms with E-state index in [1.54, 1.807) is 36.5 Å². The molecule has 2 aliphatic heterocycles.